The van der Waals surface area contributed by atoms with E-state index >= 15 is 0 Å². The fraction of sp³-hybridized carbons (Fsp3) is 0. The van der Waals surface area contributed by atoms with Crippen molar-refractivity contribution in [1.29, 1.82) is 0 Å². The number of nitrogens with zero attached hydrogens (tertiary/aromatic N) is 2. The first-order valence-corrected chi connectivity index (χ1v) is 7.18. The second-order valence-electron chi connectivity index (χ2n) is 5.28. The highest BCUT2D eigenvalue weighted by atomic mass is 35.5. The third kappa shape index (κ3) is 1.80. The molecule has 3 heterocycles. The zero-order valence-electron chi connectivity index (χ0n) is 11.5. The van der Waals surface area contributed by atoms with E-state index in [2.05, 4.69) is 0 Å². The zero-order chi connectivity index (χ0) is 16.4. The molecule has 0 saturated carbocycles. The molecule has 0 bridgehead atoms. The quantitative estimate of drug-likeness (QED) is 0.421. The maximum absolute atomic E-state index is 14.6. The van der Waals surface area contributed by atoms with Crippen molar-refractivity contribution in [2.45, 2.75) is 0 Å². The highest BCUT2D eigenvalue weighted by Gasteiger charge is 2.52. The topological polar surface area (TPSA) is 7.94 Å². The monoisotopic (exact) mass is 338 g/mol. The summed E-state index contributed by atoms with van der Waals surface area (Å²) in [6, 6.07) is 4.93. The second kappa shape index (κ2) is 4.61. The van der Waals surface area contributed by atoms with E-state index in [4.69, 9.17) is 11.6 Å². The minimum absolute atomic E-state index is 0.0428. The Labute approximate surface area is 133 Å². The maximum atomic E-state index is 14.6. The van der Waals surface area contributed by atoms with Crippen LogP contribution in [0, 0.1) is 11.6 Å². The predicted molar refractivity (Wildman–Crippen MR) is 80.7 cm³/mol. The third-order valence-electron chi connectivity index (χ3n) is 4.03. The van der Waals surface area contributed by atoms with Crippen LogP contribution in [0.15, 0.2) is 48.3 Å². The Morgan fingerprint density at radius 1 is 1.13 bits per heavy atom. The first-order chi connectivity index (χ1) is 10.9. The molecular weight excluding hydrogens is 330 g/mol. The van der Waals surface area contributed by atoms with Crippen LogP contribution in [0.25, 0.3) is 5.57 Å². The number of rotatable bonds is 1. The van der Waals surface area contributed by atoms with Crippen LogP contribution in [0.1, 0.15) is 11.3 Å². The van der Waals surface area contributed by atoms with Crippen LogP contribution in [0.5, 0.6) is 0 Å². The number of fused-ring (bicyclic) bond motifs is 2. The molecule has 0 radical (unpaired) electrons. The molecule has 116 valence electrons. The van der Waals surface area contributed by atoms with Gasteiger partial charge in [-0.2, -0.15) is 0 Å². The van der Waals surface area contributed by atoms with Crippen LogP contribution in [0.2, 0.25) is 5.02 Å². The van der Waals surface area contributed by atoms with E-state index in [1.165, 1.54) is 36.7 Å². The van der Waals surface area contributed by atoms with E-state index in [1.54, 1.807) is 0 Å². The van der Waals surface area contributed by atoms with Gasteiger partial charge in [-0.15, -0.1) is 0 Å². The van der Waals surface area contributed by atoms with Gasteiger partial charge < -0.3 is 17.6 Å². The first kappa shape index (κ1) is 14.3. The Balaban J connectivity index is 2.13. The van der Waals surface area contributed by atoms with Crippen molar-refractivity contribution in [3.63, 3.8) is 0 Å². The molecular formula is C15H8BClF4N2. The highest BCUT2D eigenvalue weighted by molar-refractivity contribution is 6.57. The van der Waals surface area contributed by atoms with Gasteiger partial charge >= 0.3 is 6.97 Å². The molecule has 2 nitrogen and oxygen atoms in total. The van der Waals surface area contributed by atoms with Crippen LogP contribution < -0.4 is 0 Å². The molecule has 4 rings (SSSR count). The predicted octanol–water partition coefficient (Wildman–Crippen LogP) is 4.07. The number of aromatic nitrogens is 1. The molecule has 0 aliphatic carbocycles. The van der Waals surface area contributed by atoms with E-state index in [9.17, 15) is 17.4 Å². The summed E-state index contributed by atoms with van der Waals surface area (Å²) < 4.78 is 59.4. The summed E-state index contributed by atoms with van der Waals surface area (Å²) in [5.41, 5.74) is -0.281. The summed E-state index contributed by atoms with van der Waals surface area (Å²) in [5.74, 6) is -1.83. The lowest BCUT2D eigenvalue weighted by Gasteiger charge is -2.31. The Hall–Kier alpha value is -2.28. The molecule has 2 aliphatic heterocycles. The normalized spacial score (nSPS) is 18.0. The molecule has 0 fully saturated rings. The van der Waals surface area contributed by atoms with E-state index < -0.39 is 24.2 Å². The third-order valence-corrected chi connectivity index (χ3v) is 4.33. The van der Waals surface area contributed by atoms with Gasteiger partial charge in [0.1, 0.15) is 12.0 Å². The Morgan fingerprint density at radius 3 is 2.70 bits per heavy atom. The van der Waals surface area contributed by atoms with Crippen molar-refractivity contribution in [3.8, 4) is 0 Å². The lowest BCUT2D eigenvalue weighted by Crippen LogP contribution is -2.49. The molecule has 0 unspecified atom stereocenters. The van der Waals surface area contributed by atoms with E-state index in [0.717, 1.165) is 21.1 Å². The van der Waals surface area contributed by atoms with Crippen molar-refractivity contribution in [2.24, 2.45) is 0 Å². The van der Waals surface area contributed by atoms with Gasteiger partial charge in [-0.25, -0.2) is 8.78 Å². The van der Waals surface area contributed by atoms with Crippen LogP contribution >= 0.6 is 11.6 Å². The van der Waals surface area contributed by atoms with Crippen LogP contribution in [0.3, 0.4) is 0 Å². The van der Waals surface area contributed by atoms with Crippen molar-refractivity contribution in [3.05, 3.63) is 76.2 Å². The molecule has 0 atom stereocenters. The molecule has 0 spiro atoms. The summed E-state index contributed by atoms with van der Waals surface area (Å²) in [6.45, 7) is -4.11. The van der Waals surface area contributed by atoms with Crippen LogP contribution in [-0.4, -0.2) is 22.1 Å². The van der Waals surface area contributed by atoms with Gasteiger partial charge in [-0.1, -0.05) is 11.6 Å². The number of benzene rings is 1. The number of hydrogen-bond acceptors (Lipinski definition) is 0. The standard InChI is InChI=1S/C15H8BClF4N2/c17-9-5-6-10(18)13(15(9)19)14-11-3-1-7-22(11)16(20,21)23-8-2-4-12(14)23/h1-8H. The summed E-state index contributed by atoms with van der Waals surface area (Å²) in [7, 11) is 0. The molecule has 0 N–H and O–H groups in total. The van der Waals surface area contributed by atoms with Gasteiger partial charge in [0.15, 0.2) is 11.5 Å². The summed E-state index contributed by atoms with van der Waals surface area (Å²) in [5, 5.41) is -0.270. The van der Waals surface area contributed by atoms with Gasteiger partial charge in [0, 0.05) is 17.8 Å². The molecule has 0 amide bonds. The minimum atomic E-state index is -4.11. The minimum Gasteiger partial charge on any atom is -0.396 e. The lowest BCUT2D eigenvalue weighted by atomic mass is 9.86. The number of hydrogen-bond donors (Lipinski definition) is 0. The van der Waals surface area contributed by atoms with Crippen molar-refractivity contribution >= 4 is 30.4 Å². The first-order valence-electron chi connectivity index (χ1n) is 6.80. The van der Waals surface area contributed by atoms with E-state index in [0.29, 0.717) is 0 Å². The van der Waals surface area contributed by atoms with Gasteiger partial charge in [0.05, 0.1) is 16.2 Å². The highest BCUT2D eigenvalue weighted by Crippen LogP contribution is 2.40. The van der Waals surface area contributed by atoms with Gasteiger partial charge in [0.25, 0.3) is 0 Å². The maximum Gasteiger partial charge on any atom is 0.737 e. The average Bonchev–Trinajstić information content (AvgIpc) is 3.16. The second-order valence-corrected chi connectivity index (χ2v) is 5.69. The average molecular weight is 339 g/mol. The fourth-order valence-corrected chi connectivity index (χ4v) is 3.19. The van der Waals surface area contributed by atoms with Crippen LogP contribution in [0.4, 0.5) is 17.4 Å². The van der Waals surface area contributed by atoms with Crippen LogP contribution in [-0.2, 0) is 0 Å². The molecule has 23 heavy (non-hydrogen) atoms. The van der Waals surface area contributed by atoms with E-state index in [-0.39, 0.29) is 22.0 Å². The number of halogens is 5. The van der Waals surface area contributed by atoms with E-state index in [1.807, 2.05) is 0 Å². The Kier molecular flexibility index (Phi) is 2.87. The molecule has 2 aromatic rings. The summed E-state index contributed by atoms with van der Waals surface area (Å²) >= 11 is 5.75. The number of allylic oxidation sites excluding steroid dienone is 2. The smallest absolute Gasteiger partial charge is 0.396 e. The molecule has 0 saturated heterocycles. The molecule has 1 aromatic carbocycles. The fourth-order valence-electron chi connectivity index (χ4n) is 3.03. The van der Waals surface area contributed by atoms with Gasteiger partial charge in [0.2, 0.25) is 0 Å². The summed E-state index contributed by atoms with van der Waals surface area (Å²) in [4.78, 5) is 0. The van der Waals surface area contributed by atoms with Crippen molar-refractivity contribution in [2.75, 3.05) is 0 Å². The largest absolute Gasteiger partial charge is 0.737 e. The summed E-state index contributed by atoms with van der Waals surface area (Å²) in [6.07, 6.45) is 5.20. The lowest BCUT2D eigenvalue weighted by molar-refractivity contribution is -0.356. The molecule has 8 heteroatoms. The Morgan fingerprint density at radius 2 is 1.91 bits per heavy atom. The van der Waals surface area contributed by atoms with Gasteiger partial charge in [-0.3, -0.25) is 0 Å². The molecule has 2 aliphatic rings. The zero-order valence-corrected chi connectivity index (χ0v) is 12.2. The Bertz CT molecular complexity index is 943. The van der Waals surface area contributed by atoms with Crippen molar-refractivity contribution < 1.29 is 21.9 Å². The van der Waals surface area contributed by atoms with Gasteiger partial charge in [-0.05, 0) is 30.5 Å². The van der Waals surface area contributed by atoms with Crippen molar-refractivity contribution in [1.82, 2.24) is 4.48 Å². The molecule has 1 aromatic heterocycles. The SMILES string of the molecule is Fc1ccc(Cl)c(F)c1C1=C2C=CC=[N+]2[B-](F)(F)n2cccc21.